The molecule has 0 radical (unpaired) electrons. The van der Waals surface area contributed by atoms with Crippen LogP contribution in [0, 0.1) is 0 Å². The predicted octanol–water partition coefficient (Wildman–Crippen LogP) is 2.63. The molecule has 0 aliphatic carbocycles. The van der Waals surface area contributed by atoms with Crippen molar-refractivity contribution in [2.45, 2.75) is 57.1 Å². The van der Waals surface area contributed by atoms with Gasteiger partial charge in [-0.05, 0) is 42.3 Å². The number of aliphatic hydroxyl groups is 1. The number of hydrogen-bond donors (Lipinski definition) is 4. The molecular weight excluding hydrogens is 494 g/mol. The molecule has 3 aromatic rings. The Kier molecular flexibility index (Phi) is 7.10. The van der Waals surface area contributed by atoms with E-state index in [-0.39, 0.29) is 31.1 Å². The first-order valence-electron chi connectivity index (χ1n) is 12.8. The topological polar surface area (TPSA) is 128 Å². The van der Waals surface area contributed by atoms with Crippen molar-refractivity contribution < 1.29 is 18.7 Å². The molecule has 12 heteroatoms. The Labute approximate surface area is 219 Å². The molecule has 3 aromatic heterocycles. The molecule has 38 heavy (non-hydrogen) atoms. The van der Waals surface area contributed by atoms with Crippen LogP contribution in [0.5, 0.6) is 0 Å². The fourth-order valence-electron chi connectivity index (χ4n) is 4.90. The second-order valence-corrected chi connectivity index (χ2v) is 10.5. The van der Waals surface area contributed by atoms with E-state index in [4.69, 9.17) is 0 Å². The second-order valence-electron chi connectivity index (χ2n) is 10.5. The van der Waals surface area contributed by atoms with Gasteiger partial charge >= 0.3 is 0 Å². The lowest BCUT2D eigenvalue weighted by Crippen LogP contribution is -2.52. The average Bonchev–Trinajstić information content (AvgIpc) is 3.28. The van der Waals surface area contributed by atoms with Crippen LogP contribution in [-0.2, 0) is 0 Å². The molecule has 0 saturated carbocycles. The number of hydrogen-bond acceptors (Lipinski definition) is 9. The third kappa shape index (κ3) is 5.23. The molecule has 2 aliphatic heterocycles. The van der Waals surface area contributed by atoms with Crippen LogP contribution in [0.15, 0.2) is 30.7 Å². The van der Waals surface area contributed by atoms with Gasteiger partial charge in [-0.1, -0.05) is 13.8 Å². The van der Waals surface area contributed by atoms with Crippen molar-refractivity contribution >= 4 is 34.3 Å². The van der Waals surface area contributed by atoms with Crippen LogP contribution in [0.3, 0.4) is 0 Å². The van der Waals surface area contributed by atoms with Gasteiger partial charge < -0.3 is 26.0 Å². The van der Waals surface area contributed by atoms with Crippen LogP contribution >= 0.6 is 0 Å². The third-order valence-corrected chi connectivity index (χ3v) is 7.15. The first-order valence-corrected chi connectivity index (χ1v) is 12.8. The quantitative estimate of drug-likeness (QED) is 0.383. The Hall–Kier alpha value is -3.51. The van der Waals surface area contributed by atoms with Crippen molar-refractivity contribution in [2.24, 2.45) is 0 Å². The van der Waals surface area contributed by atoms with E-state index in [1.54, 1.807) is 29.6 Å². The van der Waals surface area contributed by atoms with E-state index in [1.807, 2.05) is 19.9 Å². The number of carbonyl (C=O) groups excluding carboxylic acids is 1. The maximum absolute atomic E-state index is 14.7. The smallest absolute Gasteiger partial charge is 0.270 e. The van der Waals surface area contributed by atoms with Crippen LogP contribution in [0.25, 0.3) is 10.8 Å². The summed E-state index contributed by atoms with van der Waals surface area (Å²) in [4.78, 5) is 32.4. The summed E-state index contributed by atoms with van der Waals surface area (Å²) in [5.41, 5.74) is -0.630. The van der Waals surface area contributed by atoms with Gasteiger partial charge in [-0.2, -0.15) is 4.98 Å². The van der Waals surface area contributed by atoms with E-state index in [9.17, 15) is 18.7 Å². The Morgan fingerprint density at radius 1 is 1.21 bits per heavy atom. The largest absolute Gasteiger partial charge is 0.390 e. The van der Waals surface area contributed by atoms with Gasteiger partial charge in [0.05, 0.1) is 18.7 Å². The fourth-order valence-corrected chi connectivity index (χ4v) is 4.90. The number of fused-ring (bicyclic) bond motifs is 1. The molecular formula is C26H32F2N8O2. The Morgan fingerprint density at radius 3 is 2.74 bits per heavy atom. The second kappa shape index (κ2) is 10.3. The fraction of sp³-hybridized carbons (Fsp3) is 0.500. The standard InChI is InChI=1S/C26H32F2N8O2/c1-14(2)16-9-32-23(24(38)33-19-12-29-11-18(19)27)17-10-31-22(8-15(16)17)34-21-4-6-30-25(35-21)36-7-5-20(37)26(3,28)13-36/h4,6,8-10,14,18-20,29,37H,5,7,11-13H2,1-3H3,(H,33,38)(H,30,31,34,35)/t18-,19-,20-,26+/m1/s1. The summed E-state index contributed by atoms with van der Waals surface area (Å²) < 4.78 is 28.7. The molecule has 2 fully saturated rings. The number of nitrogens with zero attached hydrogens (tertiary/aromatic N) is 5. The summed E-state index contributed by atoms with van der Waals surface area (Å²) in [7, 11) is 0. The van der Waals surface area contributed by atoms with E-state index in [0.717, 1.165) is 10.9 Å². The van der Waals surface area contributed by atoms with Crippen LogP contribution in [0.2, 0.25) is 0 Å². The van der Waals surface area contributed by atoms with Crippen molar-refractivity contribution in [3.05, 3.63) is 42.0 Å². The number of anilines is 3. The van der Waals surface area contributed by atoms with Gasteiger partial charge in [0, 0.05) is 43.6 Å². The van der Waals surface area contributed by atoms with E-state index >= 15 is 0 Å². The summed E-state index contributed by atoms with van der Waals surface area (Å²) >= 11 is 0. The van der Waals surface area contributed by atoms with Crippen molar-refractivity contribution in [2.75, 3.05) is 36.4 Å². The Bertz CT molecular complexity index is 1340. The van der Waals surface area contributed by atoms with Crippen LogP contribution in [-0.4, -0.2) is 81.1 Å². The number of aromatic nitrogens is 4. The van der Waals surface area contributed by atoms with Crippen LogP contribution < -0.4 is 20.9 Å². The van der Waals surface area contributed by atoms with Gasteiger partial charge in [0.25, 0.3) is 5.91 Å². The van der Waals surface area contributed by atoms with Crippen LogP contribution in [0.1, 0.15) is 49.2 Å². The van der Waals surface area contributed by atoms with Gasteiger partial charge in [0.1, 0.15) is 23.5 Å². The molecule has 0 spiro atoms. The Morgan fingerprint density at radius 2 is 2.03 bits per heavy atom. The predicted molar refractivity (Wildman–Crippen MR) is 140 cm³/mol. The number of pyridine rings is 2. The number of alkyl halides is 2. The highest BCUT2D eigenvalue weighted by molar-refractivity contribution is 6.06. The number of piperidine rings is 1. The number of carbonyl (C=O) groups is 1. The lowest BCUT2D eigenvalue weighted by molar-refractivity contribution is -0.00860. The first kappa shape index (κ1) is 26.1. The highest BCUT2D eigenvalue weighted by atomic mass is 19.1. The van der Waals surface area contributed by atoms with Gasteiger partial charge in [0.2, 0.25) is 5.95 Å². The summed E-state index contributed by atoms with van der Waals surface area (Å²) in [6.07, 6.45) is 2.94. The number of nitrogens with one attached hydrogen (secondary N) is 3. The molecule has 0 unspecified atom stereocenters. The van der Waals surface area contributed by atoms with Gasteiger partial charge in [-0.25, -0.2) is 18.7 Å². The molecule has 4 atom stereocenters. The maximum Gasteiger partial charge on any atom is 0.270 e. The molecule has 202 valence electrons. The average molecular weight is 527 g/mol. The lowest BCUT2D eigenvalue weighted by atomic mass is 9.94. The van der Waals surface area contributed by atoms with Crippen molar-refractivity contribution in [3.63, 3.8) is 0 Å². The lowest BCUT2D eigenvalue weighted by Gasteiger charge is -2.38. The summed E-state index contributed by atoms with van der Waals surface area (Å²) in [6.45, 7) is 6.44. The van der Waals surface area contributed by atoms with Gasteiger partial charge in [0.15, 0.2) is 5.67 Å². The number of amides is 1. The zero-order chi connectivity index (χ0) is 27.0. The zero-order valence-electron chi connectivity index (χ0n) is 21.6. The van der Waals surface area contributed by atoms with Crippen molar-refractivity contribution in [3.8, 4) is 0 Å². The summed E-state index contributed by atoms with van der Waals surface area (Å²) in [6, 6.07) is 2.90. The minimum absolute atomic E-state index is 0.0124. The molecule has 0 bridgehead atoms. The third-order valence-electron chi connectivity index (χ3n) is 7.15. The number of rotatable bonds is 6. The van der Waals surface area contributed by atoms with E-state index in [0.29, 0.717) is 36.1 Å². The number of halogens is 2. The SMILES string of the molecule is CC(C)c1cnc(C(=O)N[C@@H]2CNC[C@H]2F)c2cnc(Nc3ccnc(N4CC[C@@H](O)[C@@](C)(F)C4)n3)cc12. The van der Waals surface area contributed by atoms with E-state index in [1.165, 1.54) is 6.92 Å². The highest BCUT2D eigenvalue weighted by Crippen LogP contribution is 2.30. The Balaban J connectivity index is 1.42. The minimum Gasteiger partial charge on any atom is -0.390 e. The van der Waals surface area contributed by atoms with Gasteiger partial charge in [-0.15, -0.1) is 0 Å². The highest BCUT2D eigenvalue weighted by Gasteiger charge is 2.39. The molecule has 2 saturated heterocycles. The maximum atomic E-state index is 14.7. The molecule has 4 N–H and O–H groups in total. The molecule has 0 aromatic carbocycles. The van der Waals surface area contributed by atoms with Crippen molar-refractivity contribution in [1.82, 2.24) is 30.6 Å². The number of aliphatic hydroxyl groups excluding tert-OH is 1. The van der Waals surface area contributed by atoms with Crippen molar-refractivity contribution in [1.29, 1.82) is 0 Å². The van der Waals surface area contributed by atoms with E-state index < -0.39 is 29.9 Å². The molecule has 10 nitrogen and oxygen atoms in total. The molecule has 5 heterocycles. The van der Waals surface area contributed by atoms with Gasteiger partial charge in [-0.3, -0.25) is 9.78 Å². The molecule has 1 amide bonds. The van der Waals surface area contributed by atoms with Crippen LogP contribution in [0.4, 0.5) is 26.4 Å². The zero-order valence-corrected chi connectivity index (χ0v) is 21.6. The first-order chi connectivity index (χ1) is 18.1. The monoisotopic (exact) mass is 526 g/mol. The molecule has 5 rings (SSSR count). The molecule has 2 aliphatic rings. The van der Waals surface area contributed by atoms with E-state index in [2.05, 4.69) is 35.9 Å². The summed E-state index contributed by atoms with van der Waals surface area (Å²) in [5.74, 6) is 0.993. The normalized spacial score (nSPS) is 25.7. The minimum atomic E-state index is -1.75. The summed E-state index contributed by atoms with van der Waals surface area (Å²) in [5, 5.41) is 20.1.